The van der Waals surface area contributed by atoms with E-state index in [1.807, 2.05) is 13.8 Å². The van der Waals surface area contributed by atoms with Crippen LogP contribution in [0.5, 0.6) is 5.75 Å². The third-order valence-corrected chi connectivity index (χ3v) is 2.23. The molecule has 0 aliphatic carbocycles. The molecule has 0 spiro atoms. The van der Waals surface area contributed by atoms with Crippen molar-refractivity contribution in [1.29, 1.82) is 0 Å². The van der Waals surface area contributed by atoms with Crippen molar-refractivity contribution in [3.8, 4) is 5.75 Å². The molecule has 0 aliphatic rings. The minimum Gasteiger partial charge on any atom is -0.435 e. The number of hydrogen-bond donors (Lipinski definition) is 2. The van der Waals surface area contributed by atoms with Crippen molar-refractivity contribution in [3.05, 3.63) is 29.8 Å². The molecule has 1 aromatic carbocycles. The van der Waals surface area contributed by atoms with Crippen LogP contribution >= 0.6 is 0 Å². The van der Waals surface area contributed by atoms with Gasteiger partial charge < -0.3 is 4.74 Å². The van der Waals surface area contributed by atoms with Crippen LogP contribution in [0, 0.1) is 5.92 Å². The Hall–Kier alpha value is -2.18. The molecule has 0 saturated heterocycles. The van der Waals surface area contributed by atoms with Gasteiger partial charge in [0.1, 0.15) is 5.75 Å². The number of nitrogens with one attached hydrogen (secondary N) is 2. The molecule has 0 atom stereocenters. The summed E-state index contributed by atoms with van der Waals surface area (Å²) in [4.78, 5) is 23.1. The Kier molecular flexibility index (Phi) is 5.89. The van der Waals surface area contributed by atoms with Gasteiger partial charge in [0.25, 0.3) is 5.91 Å². The van der Waals surface area contributed by atoms with Crippen molar-refractivity contribution in [1.82, 2.24) is 10.9 Å². The Morgan fingerprint density at radius 3 is 2.55 bits per heavy atom. The Bertz CT molecular complexity index is 478. The summed E-state index contributed by atoms with van der Waals surface area (Å²) in [5.74, 6) is -0.897. The maximum atomic E-state index is 12.0. The number of rotatable bonds is 5. The largest absolute Gasteiger partial charge is 0.435 e. The van der Waals surface area contributed by atoms with E-state index in [0.717, 1.165) is 6.07 Å². The second kappa shape index (κ2) is 7.42. The molecular weight excluding hydrogens is 270 g/mol. The molecule has 0 saturated carbocycles. The van der Waals surface area contributed by atoms with Crippen LogP contribution in [0.2, 0.25) is 0 Å². The second-order valence-corrected chi connectivity index (χ2v) is 4.51. The first kappa shape index (κ1) is 15.9. The van der Waals surface area contributed by atoms with Gasteiger partial charge in [-0.15, -0.1) is 0 Å². The molecule has 20 heavy (non-hydrogen) atoms. The van der Waals surface area contributed by atoms with Crippen molar-refractivity contribution in [2.45, 2.75) is 26.9 Å². The van der Waals surface area contributed by atoms with Gasteiger partial charge in [-0.3, -0.25) is 20.4 Å². The number of hydrazine groups is 1. The molecule has 2 amide bonds. The Morgan fingerprint density at radius 1 is 1.25 bits per heavy atom. The van der Waals surface area contributed by atoms with Gasteiger partial charge in [0, 0.05) is 12.0 Å². The first-order valence-corrected chi connectivity index (χ1v) is 6.02. The van der Waals surface area contributed by atoms with E-state index in [-0.39, 0.29) is 29.6 Å². The summed E-state index contributed by atoms with van der Waals surface area (Å²) in [6, 6.07) is 5.29. The number of amides is 2. The molecule has 1 aromatic rings. The summed E-state index contributed by atoms with van der Waals surface area (Å²) < 4.78 is 28.3. The molecular formula is C13H16F2N2O3. The maximum absolute atomic E-state index is 12.0. The van der Waals surface area contributed by atoms with Gasteiger partial charge in [-0.1, -0.05) is 19.9 Å². The van der Waals surface area contributed by atoms with Gasteiger partial charge in [-0.25, -0.2) is 0 Å². The standard InChI is InChI=1S/C13H16F2N2O3/c1-8(2)6-11(18)16-17-12(19)9-4-3-5-10(7-9)20-13(14)15/h3-5,7-8,13H,6H2,1-2H3,(H,16,18)(H,17,19). The first-order chi connectivity index (χ1) is 9.38. The fraction of sp³-hybridized carbons (Fsp3) is 0.385. The average molecular weight is 286 g/mol. The molecule has 0 fully saturated rings. The van der Waals surface area contributed by atoms with Gasteiger partial charge >= 0.3 is 6.61 Å². The molecule has 5 nitrogen and oxygen atoms in total. The third kappa shape index (κ3) is 5.64. The van der Waals surface area contributed by atoms with Crippen molar-refractivity contribution < 1.29 is 23.1 Å². The van der Waals surface area contributed by atoms with E-state index in [0.29, 0.717) is 0 Å². The highest BCUT2D eigenvalue weighted by Crippen LogP contribution is 2.15. The summed E-state index contributed by atoms with van der Waals surface area (Å²) in [5.41, 5.74) is 4.55. The van der Waals surface area contributed by atoms with E-state index in [1.165, 1.54) is 18.2 Å². The van der Waals surface area contributed by atoms with Crippen LogP contribution < -0.4 is 15.6 Å². The summed E-state index contributed by atoms with van der Waals surface area (Å²) in [5, 5.41) is 0. The second-order valence-electron chi connectivity index (χ2n) is 4.51. The normalized spacial score (nSPS) is 10.5. The van der Waals surface area contributed by atoms with E-state index >= 15 is 0 Å². The molecule has 1 rings (SSSR count). The lowest BCUT2D eigenvalue weighted by Crippen LogP contribution is -2.42. The molecule has 2 N–H and O–H groups in total. The van der Waals surface area contributed by atoms with Gasteiger partial charge in [-0.2, -0.15) is 8.78 Å². The van der Waals surface area contributed by atoms with Crippen LogP contribution in [-0.4, -0.2) is 18.4 Å². The Balaban J connectivity index is 2.57. The fourth-order valence-electron chi connectivity index (χ4n) is 1.43. The first-order valence-electron chi connectivity index (χ1n) is 6.02. The highest BCUT2D eigenvalue weighted by Gasteiger charge is 2.11. The predicted octanol–water partition coefficient (Wildman–Crippen LogP) is 2.10. The lowest BCUT2D eigenvalue weighted by atomic mass is 10.1. The van der Waals surface area contributed by atoms with Crippen molar-refractivity contribution >= 4 is 11.8 Å². The topological polar surface area (TPSA) is 67.4 Å². The molecule has 0 unspecified atom stereocenters. The monoisotopic (exact) mass is 286 g/mol. The smallest absolute Gasteiger partial charge is 0.387 e. The minimum absolute atomic E-state index is 0.105. The fourth-order valence-corrected chi connectivity index (χ4v) is 1.43. The number of benzene rings is 1. The number of hydrogen-bond acceptors (Lipinski definition) is 3. The zero-order valence-electron chi connectivity index (χ0n) is 11.2. The van der Waals surface area contributed by atoms with Crippen LogP contribution in [0.25, 0.3) is 0 Å². The predicted molar refractivity (Wildman–Crippen MR) is 68.1 cm³/mol. The van der Waals surface area contributed by atoms with E-state index in [4.69, 9.17) is 0 Å². The highest BCUT2D eigenvalue weighted by molar-refractivity contribution is 5.95. The average Bonchev–Trinajstić information content (AvgIpc) is 2.34. The van der Waals surface area contributed by atoms with Crippen molar-refractivity contribution in [2.24, 2.45) is 5.92 Å². The molecule has 7 heteroatoms. The van der Waals surface area contributed by atoms with Crippen LogP contribution in [0.15, 0.2) is 24.3 Å². The number of ether oxygens (including phenoxy) is 1. The van der Waals surface area contributed by atoms with Gasteiger partial charge in [0.15, 0.2) is 0 Å². The Labute approximate surface area is 115 Å². The summed E-state index contributed by atoms with van der Waals surface area (Å²) in [6.45, 7) is 0.776. The van der Waals surface area contributed by atoms with E-state index < -0.39 is 12.5 Å². The lowest BCUT2D eigenvalue weighted by Gasteiger charge is -2.10. The van der Waals surface area contributed by atoms with Crippen LogP contribution in [-0.2, 0) is 4.79 Å². The number of alkyl halides is 2. The SMILES string of the molecule is CC(C)CC(=O)NNC(=O)c1cccc(OC(F)F)c1. The van der Waals surface area contributed by atoms with Crippen molar-refractivity contribution in [2.75, 3.05) is 0 Å². The molecule has 0 heterocycles. The quantitative estimate of drug-likeness (QED) is 0.814. The Morgan fingerprint density at radius 2 is 1.95 bits per heavy atom. The van der Waals surface area contributed by atoms with Crippen molar-refractivity contribution in [3.63, 3.8) is 0 Å². The van der Waals surface area contributed by atoms with E-state index in [1.54, 1.807) is 0 Å². The van der Waals surface area contributed by atoms with E-state index in [9.17, 15) is 18.4 Å². The van der Waals surface area contributed by atoms with Gasteiger partial charge in [0.2, 0.25) is 5.91 Å². The maximum Gasteiger partial charge on any atom is 0.387 e. The van der Waals surface area contributed by atoms with Gasteiger partial charge in [0.05, 0.1) is 0 Å². The number of carbonyl (C=O) groups is 2. The lowest BCUT2D eigenvalue weighted by molar-refractivity contribution is -0.122. The third-order valence-electron chi connectivity index (χ3n) is 2.23. The van der Waals surface area contributed by atoms with Crippen LogP contribution in [0.1, 0.15) is 30.6 Å². The van der Waals surface area contributed by atoms with E-state index in [2.05, 4.69) is 15.6 Å². The summed E-state index contributed by atoms with van der Waals surface area (Å²) >= 11 is 0. The summed E-state index contributed by atoms with van der Waals surface area (Å²) in [6.07, 6.45) is 0.273. The minimum atomic E-state index is -2.96. The van der Waals surface area contributed by atoms with Crippen LogP contribution in [0.4, 0.5) is 8.78 Å². The molecule has 0 aliphatic heterocycles. The highest BCUT2D eigenvalue weighted by atomic mass is 19.3. The number of carbonyl (C=O) groups excluding carboxylic acids is 2. The zero-order valence-corrected chi connectivity index (χ0v) is 11.2. The zero-order chi connectivity index (χ0) is 15.1. The molecule has 0 bridgehead atoms. The molecule has 110 valence electrons. The number of halogens is 2. The summed E-state index contributed by atoms with van der Waals surface area (Å²) in [7, 11) is 0. The molecule has 0 aromatic heterocycles. The van der Waals surface area contributed by atoms with Crippen LogP contribution in [0.3, 0.4) is 0 Å². The van der Waals surface area contributed by atoms with Gasteiger partial charge in [-0.05, 0) is 24.1 Å². The molecule has 0 radical (unpaired) electrons.